The van der Waals surface area contributed by atoms with Crippen molar-refractivity contribution in [2.45, 2.75) is 0 Å². The third kappa shape index (κ3) is 5.23. The number of carboxylic acids is 1. The Kier molecular flexibility index (Phi) is 9.99. The number of carbonyl (C=O) groups is 1. The fraction of sp³-hybridized carbons (Fsp3) is 0. The largest absolute Gasteiger partial charge is 2.00 e. The maximum Gasteiger partial charge on any atom is 2.00 e. The van der Waals surface area contributed by atoms with Gasteiger partial charge in [-0.05, 0) is 12.1 Å². The van der Waals surface area contributed by atoms with Crippen LogP contribution in [0.1, 0.15) is 14.6 Å². The van der Waals surface area contributed by atoms with Crippen molar-refractivity contribution in [3.05, 3.63) is 35.9 Å². The van der Waals surface area contributed by atoms with Crippen molar-refractivity contribution in [3.8, 4) is 0 Å². The molecule has 0 spiro atoms. The molecule has 1 rings (SSSR count). The minimum absolute atomic E-state index is 0. The van der Waals surface area contributed by atoms with Crippen LogP contribution in [0.15, 0.2) is 30.3 Å². The molecule has 52 valence electrons. The Morgan fingerprint density at radius 3 is 2.00 bits per heavy atom. The van der Waals surface area contributed by atoms with Gasteiger partial charge in [-0.15, -0.1) is 0 Å². The summed E-state index contributed by atoms with van der Waals surface area (Å²) in [6.07, 6.45) is 0. The van der Waals surface area contributed by atoms with E-state index in [1.54, 1.807) is 30.3 Å². The van der Waals surface area contributed by atoms with Gasteiger partial charge in [0.2, 0.25) is 0 Å². The Bertz CT molecular complexity index is 223. The average Bonchev–Trinajstić information content (AvgIpc) is 1.90. The van der Waals surface area contributed by atoms with Crippen LogP contribution < -0.4 is 29.6 Å². The smallest absolute Gasteiger partial charge is 1.00 e. The zero-order chi connectivity index (χ0) is 6.69. The van der Waals surface area contributed by atoms with E-state index in [1.165, 1.54) is 0 Å². The molecule has 0 saturated heterocycles. The molecule has 0 aromatic heterocycles. The minimum Gasteiger partial charge on any atom is -1.00 e. The number of aromatic carboxylic acids is 1. The van der Waals surface area contributed by atoms with E-state index in [0.29, 0.717) is 5.56 Å². The molecule has 0 aliphatic carbocycles. The minimum atomic E-state index is -0.879. The van der Waals surface area contributed by atoms with Gasteiger partial charge >= 0.3 is 73.3 Å². The molecule has 0 saturated carbocycles. The van der Waals surface area contributed by atoms with Crippen LogP contribution in [-0.4, -0.2) is 48.8 Å². The van der Waals surface area contributed by atoms with Crippen molar-refractivity contribution in [1.29, 1.82) is 0 Å². The molecule has 0 bridgehead atoms. The second kappa shape index (κ2) is 7.59. The average molecular weight is 188 g/mol. The molecule has 0 aliphatic heterocycles. The molecule has 0 unspecified atom stereocenters. The molecule has 0 radical (unpaired) electrons. The van der Waals surface area contributed by atoms with Gasteiger partial charge in [-0.1, -0.05) is 18.2 Å². The quantitative estimate of drug-likeness (QED) is 0.536. The molecular formula is C7H9CaNaO2. The second-order valence-electron chi connectivity index (χ2n) is 1.67. The second-order valence-corrected chi connectivity index (χ2v) is 1.67. The van der Waals surface area contributed by atoms with Crippen LogP contribution in [0.25, 0.3) is 0 Å². The van der Waals surface area contributed by atoms with Crippen molar-refractivity contribution < 1.29 is 43.7 Å². The third-order valence-corrected chi connectivity index (χ3v) is 1.02. The van der Waals surface area contributed by atoms with Gasteiger partial charge < -0.3 is 9.39 Å². The van der Waals surface area contributed by atoms with Gasteiger partial charge in [-0.3, -0.25) is 0 Å². The molecule has 0 atom stereocenters. The van der Waals surface area contributed by atoms with E-state index in [2.05, 4.69) is 0 Å². The van der Waals surface area contributed by atoms with E-state index in [0.717, 1.165) is 0 Å². The normalized spacial score (nSPS) is 7.27. The molecule has 0 fully saturated rings. The summed E-state index contributed by atoms with van der Waals surface area (Å²) in [6, 6.07) is 8.30. The molecule has 0 amide bonds. The number of rotatable bonds is 1. The molecule has 1 N–H and O–H groups in total. The van der Waals surface area contributed by atoms with Gasteiger partial charge in [0.15, 0.2) is 0 Å². The Morgan fingerprint density at radius 1 is 1.27 bits per heavy atom. The summed E-state index contributed by atoms with van der Waals surface area (Å²) < 4.78 is 0. The summed E-state index contributed by atoms with van der Waals surface area (Å²) in [5.41, 5.74) is 0.331. The van der Waals surface area contributed by atoms with E-state index < -0.39 is 5.97 Å². The van der Waals surface area contributed by atoms with Crippen LogP contribution in [0.3, 0.4) is 0 Å². The zero-order valence-electron chi connectivity index (χ0n) is 9.45. The Morgan fingerprint density at radius 2 is 1.73 bits per heavy atom. The van der Waals surface area contributed by atoms with Crippen LogP contribution in [0.4, 0.5) is 0 Å². The van der Waals surface area contributed by atoms with Gasteiger partial charge in [0.05, 0.1) is 5.56 Å². The molecule has 4 heteroatoms. The topological polar surface area (TPSA) is 37.3 Å². The molecule has 1 aromatic rings. The Balaban J connectivity index is -0.0000000540. The van der Waals surface area contributed by atoms with Crippen LogP contribution in [0.2, 0.25) is 0 Å². The summed E-state index contributed by atoms with van der Waals surface area (Å²) >= 11 is 0. The third-order valence-electron chi connectivity index (χ3n) is 1.02. The molecule has 11 heavy (non-hydrogen) atoms. The first-order valence-electron chi connectivity index (χ1n) is 2.59. The summed E-state index contributed by atoms with van der Waals surface area (Å²) in [5.74, 6) is -0.879. The number of hydrogen-bond donors (Lipinski definition) is 1. The van der Waals surface area contributed by atoms with Crippen LogP contribution in [0.5, 0.6) is 0 Å². The molecule has 2 nitrogen and oxygen atoms in total. The van der Waals surface area contributed by atoms with Crippen molar-refractivity contribution in [2.75, 3.05) is 0 Å². The standard InChI is InChI=1S/C7H6O2.Ca.Na.3H/c8-7(9)6-4-2-1-3-5-6;;;;;/h1-5H,(H,8,9);;;;;/q;+2;+1;3*-1. The van der Waals surface area contributed by atoms with Gasteiger partial charge in [-0.2, -0.15) is 0 Å². The predicted molar refractivity (Wildman–Crippen MR) is 42.5 cm³/mol. The summed E-state index contributed by atoms with van der Waals surface area (Å²) in [5, 5.41) is 8.38. The maximum atomic E-state index is 10.2. The number of benzene rings is 1. The monoisotopic (exact) mass is 188 g/mol. The maximum absolute atomic E-state index is 10.2. The zero-order valence-corrected chi connectivity index (χ0v) is 10.7. The molecule has 1 aromatic carbocycles. The van der Waals surface area contributed by atoms with E-state index >= 15 is 0 Å². The van der Waals surface area contributed by atoms with Crippen LogP contribution in [-0.2, 0) is 0 Å². The molecule has 0 aliphatic rings. The Hall–Kier alpha value is 0.950. The van der Waals surface area contributed by atoms with Crippen LogP contribution in [0, 0.1) is 0 Å². The number of carboxylic acid groups (broad SMARTS) is 1. The summed E-state index contributed by atoms with van der Waals surface area (Å²) in [7, 11) is 0. The number of hydrogen-bond acceptors (Lipinski definition) is 1. The molecule has 0 heterocycles. The van der Waals surface area contributed by atoms with Gasteiger partial charge in [0.1, 0.15) is 0 Å². The first-order valence-corrected chi connectivity index (χ1v) is 2.59. The Labute approximate surface area is 122 Å². The van der Waals surface area contributed by atoms with E-state index in [9.17, 15) is 4.79 Å². The van der Waals surface area contributed by atoms with Crippen molar-refractivity contribution in [3.63, 3.8) is 0 Å². The first-order chi connectivity index (χ1) is 4.30. The van der Waals surface area contributed by atoms with E-state index in [4.69, 9.17) is 5.11 Å². The van der Waals surface area contributed by atoms with Crippen molar-refractivity contribution in [1.82, 2.24) is 0 Å². The first kappa shape index (κ1) is 14.5. The predicted octanol–water partition coefficient (Wildman–Crippen LogP) is -1.65. The van der Waals surface area contributed by atoms with E-state index in [1.807, 2.05) is 0 Å². The fourth-order valence-electron chi connectivity index (χ4n) is 0.581. The SMILES string of the molecule is O=C(O)c1ccccc1.[Ca+2].[H-].[H-].[H-].[Na+]. The summed E-state index contributed by atoms with van der Waals surface area (Å²) in [4.78, 5) is 10.2. The van der Waals surface area contributed by atoms with Gasteiger partial charge in [0.25, 0.3) is 0 Å². The van der Waals surface area contributed by atoms with E-state index in [-0.39, 0.29) is 71.6 Å². The van der Waals surface area contributed by atoms with Crippen molar-refractivity contribution >= 4 is 43.7 Å². The summed E-state index contributed by atoms with van der Waals surface area (Å²) in [6.45, 7) is 0. The van der Waals surface area contributed by atoms with Crippen LogP contribution >= 0.6 is 0 Å². The van der Waals surface area contributed by atoms with Gasteiger partial charge in [-0.25, -0.2) is 4.79 Å². The van der Waals surface area contributed by atoms with Crippen molar-refractivity contribution in [2.24, 2.45) is 0 Å². The molecular weight excluding hydrogens is 179 g/mol. The van der Waals surface area contributed by atoms with Gasteiger partial charge in [0, 0.05) is 0 Å². The fourth-order valence-corrected chi connectivity index (χ4v) is 0.581.